The molecule has 4 aromatic rings. The minimum atomic E-state index is -0.494. The second kappa shape index (κ2) is 7.10. The average Bonchev–Trinajstić information content (AvgIpc) is 3.29. The molecule has 2 aromatic carbocycles. The number of amides is 1. The SMILES string of the molecule is NC(=O)c1c(-c2ccc(OCc3ccccc3)cc2)[nH]n2c3c(nc12)CCNC3. The molecular formula is C22H21N5O2. The fourth-order valence-corrected chi connectivity index (χ4v) is 3.76. The number of carbonyl (C=O) groups is 1. The fraction of sp³-hybridized carbons (Fsp3) is 0.182. The first-order chi connectivity index (χ1) is 14.2. The Morgan fingerprint density at radius 1 is 1.14 bits per heavy atom. The minimum absolute atomic E-state index is 0.414. The van der Waals surface area contributed by atoms with Gasteiger partial charge in [0.1, 0.15) is 17.9 Å². The predicted octanol–water partition coefficient (Wildman–Crippen LogP) is 2.65. The van der Waals surface area contributed by atoms with E-state index in [1.165, 1.54) is 0 Å². The third-order valence-electron chi connectivity index (χ3n) is 5.22. The molecule has 5 rings (SSSR count). The van der Waals surface area contributed by atoms with Gasteiger partial charge in [-0.2, -0.15) is 0 Å². The van der Waals surface area contributed by atoms with Gasteiger partial charge in [-0.3, -0.25) is 9.89 Å². The van der Waals surface area contributed by atoms with E-state index in [9.17, 15) is 4.79 Å². The van der Waals surface area contributed by atoms with Crippen LogP contribution in [0.2, 0.25) is 0 Å². The van der Waals surface area contributed by atoms with Crippen LogP contribution in [-0.4, -0.2) is 27.0 Å². The van der Waals surface area contributed by atoms with Crippen molar-refractivity contribution in [2.75, 3.05) is 6.54 Å². The summed E-state index contributed by atoms with van der Waals surface area (Å²) in [4.78, 5) is 16.9. The number of H-pyrrole nitrogens is 1. The van der Waals surface area contributed by atoms with Crippen molar-refractivity contribution in [2.24, 2.45) is 5.73 Å². The van der Waals surface area contributed by atoms with Crippen LogP contribution in [0.25, 0.3) is 16.9 Å². The Morgan fingerprint density at radius 3 is 2.69 bits per heavy atom. The molecule has 0 spiro atoms. The van der Waals surface area contributed by atoms with Gasteiger partial charge in [0.05, 0.1) is 17.1 Å². The number of nitrogens with one attached hydrogen (secondary N) is 2. The standard InChI is InChI=1S/C22H21N5O2/c23-21(28)19-20(26-27-18-12-24-11-10-17(18)25-22(19)27)15-6-8-16(9-7-15)29-13-14-4-2-1-3-5-14/h1-9,24,26H,10-13H2,(H2,23,28). The summed E-state index contributed by atoms with van der Waals surface area (Å²) in [5.41, 5.74) is 11.4. The van der Waals surface area contributed by atoms with Crippen molar-refractivity contribution in [3.63, 3.8) is 0 Å². The van der Waals surface area contributed by atoms with E-state index in [4.69, 9.17) is 10.5 Å². The van der Waals surface area contributed by atoms with E-state index in [2.05, 4.69) is 15.4 Å². The maximum atomic E-state index is 12.2. The molecule has 1 aliphatic heterocycles. The molecule has 0 fully saturated rings. The summed E-state index contributed by atoms with van der Waals surface area (Å²) in [6, 6.07) is 17.6. The lowest BCUT2D eigenvalue weighted by molar-refractivity contribution is 0.100. The number of imidazole rings is 1. The summed E-state index contributed by atoms with van der Waals surface area (Å²) < 4.78 is 7.72. The van der Waals surface area contributed by atoms with E-state index in [1.807, 2.05) is 59.1 Å². The van der Waals surface area contributed by atoms with Gasteiger partial charge in [-0.05, 0) is 29.8 Å². The second-order valence-corrected chi connectivity index (χ2v) is 7.12. The minimum Gasteiger partial charge on any atom is -0.489 e. The number of nitrogens with two attached hydrogens (primary N) is 1. The lowest BCUT2D eigenvalue weighted by atomic mass is 10.1. The normalized spacial score (nSPS) is 13.4. The molecule has 0 radical (unpaired) electrons. The Labute approximate surface area is 167 Å². The number of aromatic amines is 1. The molecule has 4 N–H and O–H groups in total. The lowest BCUT2D eigenvalue weighted by Gasteiger charge is -2.11. The lowest BCUT2D eigenvalue weighted by Crippen LogP contribution is -2.24. The molecule has 7 heteroatoms. The highest BCUT2D eigenvalue weighted by molar-refractivity contribution is 6.04. The zero-order valence-corrected chi connectivity index (χ0v) is 15.8. The van der Waals surface area contributed by atoms with Crippen molar-refractivity contribution in [1.29, 1.82) is 0 Å². The van der Waals surface area contributed by atoms with Crippen LogP contribution in [0.5, 0.6) is 5.75 Å². The monoisotopic (exact) mass is 387 g/mol. The van der Waals surface area contributed by atoms with E-state index < -0.39 is 5.91 Å². The Morgan fingerprint density at radius 2 is 1.93 bits per heavy atom. The van der Waals surface area contributed by atoms with Gasteiger partial charge in [0.15, 0.2) is 5.65 Å². The quantitative estimate of drug-likeness (QED) is 0.490. The molecule has 1 amide bonds. The molecule has 3 heterocycles. The molecule has 1 aliphatic rings. The first-order valence-corrected chi connectivity index (χ1v) is 9.60. The van der Waals surface area contributed by atoms with E-state index in [1.54, 1.807) is 0 Å². The number of aromatic nitrogens is 3. The van der Waals surface area contributed by atoms with E-state index >= 15 is 0 Å². The molecule has 0 atom stereocenters. The van der Waals surface area contributed by atoms with E-state index in [0.29, 0.717) is 30.1 Å². The number of hydrogen-bond acceptors (Lipinski definition) is 4. The highest BCUT2D eigenvalue weighted by Crippen LogP contribution is 2.29. The number of primary amides is 1. The highest BCUT2D eigenvalue weighted by atomic mass is 16.5. The van der Waals surface area contributed by atoms with Crippen LogP contribution >= 0.6 is 0 Å². The maximum Gasteiger partial charge on any atom is 0.254 e. The second-order valence-electron chi connectivity index (χ2n) is 7.12. The van der Waals surface area contributed by atoms with Gasteiger partial charge in [-0.1, -0.05) is 30.3 Å². The number of carbonyl (C=O) groups excluding carboxylic acids is 1. The number of hydrogen-bond donors (Lipinski definition) is 3. The molecule has 29 heavy (non-hydrogen) atoms. The molecule has 0 saturated heterocycles. The average molecular weight is 387 g/mol. The summed E-state index contributed by atoms with van der Waals surface area (Å²) in [6.07, 6.45) is 0.839. The van der Waals surface area contributed by atoms with Crippen molar-refractivity contribution >= 4 is 11.6 Å². The smallest absolute Gasteiger partial charge is 0.254 e. The van der Waals surface area contributed by atoms with Crippen molar-refractivity contribution in [1.82, 2.24) is 19.9 Å². The third kappa shape index (κ3) is 3.15. The van der Waals surface area contributed by atoms with Gasteiger partial charge in [0.25, 0.3) is 5.91 Å². The van der Waals surface area contributed by atoms with Gasteiger partial charge in [-0.15, -0.1) is 0 Å². The summed E-state index contributed by atoms with van der Waals surface area (Å²) in [6.45, 7) is 2.10. The Kier molecular flexibility index (Phi) is 4.29. The number of nitrogens with zero attached hydrogens (tertiary/aromatic N) is 2. The van der Waals surface area contributed by atoms with Gasteiger partial charge in [-0.25, -0.2) is 9.50 Å². The van der Waals surface area contributed by atoms with E-state index in [0.717, 1.165) is 41.2 Å². The van der Waals surface area contributed by atoms with Crippen molar-refractivity contribution in [3.05, 3.63) is 77.1 Å². The van der Waals surface area contributed by atoms with Crippen LogP contribution < -0.4 is 15.8 Å². The van der Waals surface area contributed by atoms with Gasteiger partial charge in [0.2, 0.25) is 0 Å². The first kappa shape index (κ1) is 17.5. The Balaban J connectivity index is 1.46. The molecule has 7 nitrogen and oxygen atoms in total. The highest BCUT2D eigenvalue weighted by Gasteiger charge is 2.25. The van der Waals surface area contributed by atoms with Crippen molar-refractivity contribution < 1.29 is 9.53 Å². The summed E-state index contributed by atoms with van der Waals surface area (Å²) >= 11 is 0. The van der Waals surface area contributed by atoms with Gasteiger partial charge < -0.3 is 15.8 Å². The zero-order valence-electron chi connectivity index (χ0n) is 15.8. The van der Waals surface area contributed by atoms with E-state index in [-0.39, 0.29) is 0 Å². The number of benzene rings is 2. The molecule has 0 aliphatic carbocycles. The molecule has 146 valence electrons. The fourth-order valence-electron chi connectivity index (χ4n) is 3.76. The predicted molar refractivity (Wildman–Crippen MR) is 110 cm³/mol. The van der Waals surface area contributed by atoms with Crippen molar-refractivity contribution in [3.8, 4) is 17.0 Å². The maximum absolute atomic E-state index is 12.2. The van der Waals surface area contributed by atoms with Crippen LogP contribution in [0.15, 0.2) is 54.6 Å². The van der Waals surface area contributed by atoms with Gasteiger partial charge >= 0.3 is 0 Å². The number of fused-ring (bicyclic) bond motifs is 3. The number of ether oxygens (including phenoxy) is 1. The summed E-state index contributed by atoms with van der Waals surface area (Å²) in [5, 5.41) is 6.66. The Bertz CT molecular complexity index is 1180. The van der Waals surface area contributed by atoms with Crippen LogP contribution in [0.4, 0.5) is 0 Å². The molecule has 2 aromatic heterocycles. The van der Waals surface area contributed by atoms with Gasteiger partial charge in [0, 0.05) is 25.1 Å². The molecule has 0 unspecified atom stereocenters. The molecular weight excluding hydrogens is 366 g/mol. The topological polar surface area (TPSA) is 97.4 Å². The molecule has 0 bridgehead atoms. The summed E-state index contributed by atoms with van der Waals surface area (Å²) in [5.74, 6) is 0.266. The Hall–Kier alpha value is -3.58. The number of rotatable bonds is 5. The van der Waals surface area contributed by atoms with Crippen LogP contribution in [0.3, 0.4) is 0 Å². The third-order valence-corrected chi connectivity index (χ3v) is 5.22. The van der Waals surface area contributed by atoms with Crippen LogP contribution in [-0.2, 0) is 19.6 Å². The largest absolute Gasteiger partial charge is 0.489 e. The van der Waals surface area contributed by atoms with Crippen LogP contribution in [0, 0.1) is 0 Å². The van der Waals surface area contributed by atoms with Crippen molar-refractivity contribution in [2.45, 2.75) is 19.6 Å². The first-order valence-electron chi connectivity index (χ1n) is 9.60. The summed E-state index contributed by atoms with van der Waals surface area (Å²) in [7, 11) is 0. The van der Waals surface area contributed by atoms with Crippen LogP contribution in [0.1, 0.15) is 27.3 Å². The zero-order chi connectivity index (χ0) is 19.8. The molecule has 0 saturated carbocycles.